The molecule has 1 amide bonds. The van der Waals surface area contributed by atoms with Crippen LogP contribution in [0, 0.1) is 10.1 Å². The zero-order valence-electron chi connectivity index (χ0n) is 15.3. The number of nitro benzene ring substituents is 1. The number of rotatable bonds is 6. The van der Waals surface area contributed by atoms with E-state index >= 15 is 0 Å². The van der Waals surface area contributed by atoms with Crippen molar-refractivity contribution in [2.45, 2.75) is 39.2 Å². The minimum Gasteiger partial charge on any atom is -0.481 e. The normalized spacial score (nSPS) is 14.4. The first-order valence-corrected chi connectivity index (χ1v) is 8.81. The molecule has 0 fully saturated rings. The first-order chi connectivity index (χ1) is 12.9. The summed E-state index contributed by atoms with van der Waals surface area (Å²) >= 11 is 0. The van der Waals surface area contributed by atoms with E-state index in [1.807, 2.05) is 13.0 Å². The highest BCUT2D eigenvalue weighted by Gasteiger charge is 2.16. The molecule has 2 aromatic carbocycles. The fourth-order valence-electron chi connectivity index (χ4n) is 3.00. The van der Waals surface area contributed by atoms with Crippen LogP contribution in [0.4, 0.5) is 5.69 Å². The van der Waals surface area contributed by atoms with Crippen molar-refractivity contribution in [2.24, 2.45) is 5.10 Å². The first-order valence-electron chi connectivity index (χ1n) is 8.81. The fourth-order valence-corrected chi connectivity index (χ4v) is 3.00. The maximum atomic E-state index is 12.2. The van der Waals surface area contributed by atoms with Gasteiger partial charge in [-0.15, -0.1) is 0 Å². The molecule has 0 aliphatic heterocycles. The van der Waals surface area contributed by atoms with E-state index in [-0.39, 0.29) is 5.69 Å². The van der Waals surface area contributed by atoms with E-state index in [9.17, 15) is 14.9 Å². The Morgan fingerprint density at radius 2 is 1.89 bits per heavy atom. The minimum atomic E-state index is -0.789. The third kappa shape index (κ3) is 4.49. The number of benzene rings is 2. The van der Waals surface area contributed by atoms with Crippen LogP contribution in [0.2, 0.25) is 0 Å². The van der Waals surface area contributed by atoms with Crippen molar-refractivity contribution in [3.63, 3.8) is 0 Å². The van der Waals surface area contributed by atoms with Crippen LogP contribution in [-0.2, 0) is 17.6 Å². The number of nitro groups is 1. The van der Waals surface area contributed by atoms with E-state index < -0.39 is 16.9 Å². The number of hydrogen-bond donors (Lipinski definition) is 1. The average molecular weight is 367 g/mol. The van der Waals surface area contributed by atoms with Crippen LogP contribution < -0.4 is 10.2 Å². The van der Waals surface area contributed by atoms with E-state index in [0.717, 1.165) is 24.1 Å². The number of carbonyl (C=O) groups excluding carboxylic acids is 1. The Balaban J connectivity index is 1.59. The summed E-state index contributed by atoms with van der Waals surface area (Å²) in [6.45, 7) is 3.44. The number of non-ortho nitro benzene ring substituents is 1. The maximum Gasteiger partial charge on any atom is 0.280 e. The van der Waals surface area contributed by atoms with E-state index in [1.165, 1.54) is 41.8 Å². The Bertz CT molecular complexity index is 891. The molecule has 2 aromatic rings. The van der Waals surface area contributed by atoms with Crippen LogP contribution in [-0.4, -0.2) is 22.6 Å². The van der Waals surface area contributed by atoms with Crippen molar-refractivity contribution in [1.82, 2.24) is 5.43 Å². The molecule has 0 radical (unpaired) electrons. The summed E-state index contributed by atoms with van der Waals surface area (Å²) in [5, 5.41) is 14.8. The number of hydrogen-bond acceptors (Lipinski definition) is 5. The number of carbonyl (C=O) groups is 1. The predicted octanol–water partition coefficient (Wildman–Crippen LogP) is 3.39. The summed E-state index contributed by atoms with van der Waals surface area (Å²) in [6, 6.07) is 11.9. The van der Waals surface area contributed by atoms with Crippen LogP contribution in [0.5, 0.6) is 5.75 Å². The Hall–Kier alpha value is -3.22. The van der Waals surface area contributed by atoms with Crippen LogP contribution in [0.25, 0.3) is 0 Å². The van der Waals surface area contributed by atoms with Gasteiger partial charge in [-0.05, 0) is 68.0 Å². The zero-order chi connectivity index (χ0) is 19.4. The highest BCUT2D eigenvalue weighted by Crippen LogP contribution is 2.23. The van der Waals surface area contributed by atoms with Gasteiger partial charge in [-0.2, -0.15) is 5.10 Å². The van der Waals surface area contributed by atoms with Gasteiger partial charge in [0.1, 0.15) is 5.75 Å². The highest BCUT2D eigenvalue weighted by molar-refractivity contribution is 5.99. The second-order valence-electron chi connectivity index (χ2n) is 6.52. The monoisotopic (exact) mass is 367 g/mol. The standard InChI is InChI=1S/C20H21N3O4/c1-13(16-7-6-15-4-3-5-17(15)12-16)21-22-20(24)14(2)27-19-10-8-18(9-11-19)23(25)26/h6-12,14H,3-5H2,1-2H3,(H,22,24)/b21-13-. The van der Waals surface area contributed by atoms with E-state index in [0.29, 0.717) is 5.75 Å². The molecule has 0 bridgehead atoms. The smallest absolute Gasteiger partial charge is 0.280 e. The molecule has 0 spiro atoms. The van der Waals surface area contributed by atoms with Crippen molar-refractivity contribution in [3.8, 4) is 5.75 Å². The van der Waals surface area contributed by atoms with Crippen molar-refractivity contribution < 1.29 is 14.5 Å². The first kappa shape index (κ1) is 18.6. The van der Waals surface area contributed by atoms with E-state index in [1.54, 1.807) is 6.92 Å². The molecule has 1 atom stereocenters. The molecule has 7 heteroatoms. The van der Waals surface area contributed by atoms with Crippen molar-refractivity contribution in [3.05, 3.63) is 69.3 Å². The topological polar surface area (TPSA) is 93.8 Å². The quantitative estimate of drug-likeness (QED) is 0.481. The van der Waals surface area contributed by atoms with Gasteiger partial charge in [0.05, 0.1) is 10.6 Å². The Morgan fingerprint density at radius 1 is 1.19 bits per heavy atom. The van der Waals surface area contributed by atoms with Crippen molar-refractivity contribution >= 4 is 17.3 Å². The molecular weight excluding hydrogens is 346 g/mol. The Kier molecular flexibility index (Phi) is 5.49. The van der Waals surface area contributed by atoms with Crippen LogP contribution in [0.15, 0.2) is 47.6 Å². The molecule has 0 saturated carbocycles. The average Bonchev–Trinajstić information content (AvgIpc) is 3.13. The van der Waals surface area contributed by atoms with Gasteiger partial charge in [0.25, 0.3) is 11.6 Å². The number of fused-ring (bicyclic) bond motifs is 1. The lowest BCUT2D eigenvalue weighted by atomic mass is 10.0. The van der Waals surface area contributed by atoms with Gasteiger partial charge >= 0.3 is 0 Å². The van der Waals surface area contributed by atoms with E-state index in [4.69, 9.17) is 4.74 Å². The van der Waals surface area contributed by atoms with Gasteiger partial charge in [0, 0.05) is 12.1 Å². The number of nitrogens with zero attached hydrogens (tertiary/aromatic N) is 2. The third-order valence-electron chi connectivity index (χ3n) is 4.58. The molecule has 27 heavy (non-hydrogen) atoms. The summed E-state index contributed by atoms with van der Waals surface area (Å²) in [7, 11) is 0. The van der Waals surface area contributed by atoms with Crippen LogP contribution in [0.3, 0.4) is 0 Å². The number of nitrogens with one attached hydrogen (secondary N) is 1. The number of ether oxygens (including phenoxy) is 1. The van der Waals surface area contributed by atoms with Crippen LogP contribution in [0.1, 0.15) is 37.0 Å². The molecule has 0 aromatic heterocycles. The summed E-state index contributed by atoms with van der Waals surface area (Å²) in [6.07, 6.45) is 2.61. The minimum absolute atomic E-state index is 0.0333. The lowest BCUT2D eigenvalue weighted by molar-refractivity contribution is -0.384. The molecule has 1 aliphatic rings. The fraction of sp³-hybridized carbons (Fsp3) is 0.300. The van der Waals surface area contributed by atoms with Gasteiger partial charge in [0.15, 0.2) is 6.10 Å². The lowest BCUT2D eigenvalue weighted by Gasteiger charge is -2.13. The molecule has 1 N–H and O–H groups in total. The Labute approximate surface area is 157 Å². The number of amides is 1. The molecule has 140 valence electrons. The lowest BCUT2D eigenvalue weighted by Crippen LogP contribution is -2.33. The summed E-state index contributed by atoms with van der Waals surface area (Å²) < 4.78 is 5.51. The molecule has 1 aliphatic carbocycles. The molecule has 1 unspecified atom stereocenters. The van der Waals surface area contributed by atoms with Crippen molar-refractivity contribution in [2.75, 3.05) is 0 Å². The van der Waals surface area contributed by atoms with Gasteiger partial charge in [-0.25, -0.2) is 5.43 Å². The predicted molar refractivity (Wildman–Crippen MR) is 102 cm³/mol. The van der Waals surface area contributed by atoms with Gasteiger partial charge in [-0.3, -0.25) is 14.9 Å². The second kappa shape index (κ2) is 7.99. The molecule has 0 saturated heterocycles. The van der Waals surface area contributed by atoms with Crippen molar-refractivity contribution in [1.29, 1.82) is 0 Å². The van der Waals surface area contributed by atoms with Gasteiger partial charge < -0.3 is 4.74 Å². The van der Waals surface area contributed by atoms with Gasteiger partial charge in [-0.1, -0.05) is 12.1 Å². The molecule has 0 heterocycles. The second-order valence-corrected chi connectivity index (χ2v) is 6.52. The third-order valence-corrected chi connectivity index (χ3v) is 4.58. The summed E-state index contributed by atoms with van der Waals surface area (Å²) in [5.74, 6) is -0.0172. The number of hydrazone groups is 1. The highest BCUT2D eigenvalue weighted by atomic mass is 16.6. The summed E-state index contributed by atoms with van der Waals surface area (Å²) in [4.78, 5) is 22.4. The van der Waals surface area contributed by atoms with Crippen LogP contribution >= 0.6 is 0 Å². The number of aryl methyl sites for hydroxylation is 2. The molecule has 7 nitrogen and oxygen atoms in total. The largest absolute Gasteiger partial charge is 0.481 e. The maximum absolute atomic E-state index is 12.2. The SMILES string of the molecule is C/C(=N/NC(=O)C(C)Oc1ccc([N+](=O)[O-])cc1)c1ccc2c(c1)CCC2. The summed E-state index contributed by atoms with van der Waals surface area (Å²) in [5.41, 5.74) is 6.93. The molecular formula is C20H21N3O4. The zero-order valence-corrected chi connectivity index (χ0v) is 15.3. The molecule has 3 rings (SSSR count). The van der Waals surface area contributed by atoms with Gasteiger partial charge in [0.2, 0.25) is 0 Å². The Morgan fingerprint density at radius 3 is 2.59 bits per heavy atom. The van der Waals surface area contributed by atoms with E-state index in [2.05, 4.69) is 22.7 Å².